The quantitative estimate of drug-likeness (QED) is 0.0545. The third-order valence-electron chi connectivity index (χ3n) is 10.1. The first-order valence-corrected chi connectivity index (χ1v) is 22.1. The molecule has 3 heterocycles. The Bertz CT molecular complexity index is 1300. The summed E-state index contributed by atoms with van der Waals surface area (Å²) in [5.74, 6) is 3.05. The van der Waals surface area contributed by atoms with E-state index in [1.807, 2.05) is 13.1 Å². The van der Waals surface area contributed by atoms with Crippen LogP contribution in [0.15, 0.2) is 6.20 Å². The van der Waals surface area contributed by atoms with Crippen LogP contribution in [0.4, 0.5) is 13.2 Å². The Hall–Kier alpha value is -1.54. The Morgan fingerprint density at radius 2 is 1.58 bits per heavy atom. The van der Waals surface area contributed by atoms with E-state index in [1.54, 1.807) is 6.20 Å². The maximum absolute atomic E-state index is 13.1. The van der Waals surface area contributed by atoms with E-state index < -0.39 is 35.9 Å². The van der Waals surface area contributed by atoms with Gasteiger partial charge >= 0.3 is 15.6 Å². The zero-order valence-electron chi connectivity index (χ0n) is 30.2. The van der Waals surface area contributed by atoms with Gasteiger partial charge in [0.15, 0.2) is 5.60 Å². The van der Waals surface area contributed by atoms with Crippen molar-refractivity contribution in [1.82, 2.24) is 30.5 Å². The number of aromatic nitrogens is 3. The molecule has 0 aromatic carbocycles. The van der Waals surface area contributed by atoms with Crippen molar-refractivity contribution in [2.75, 3.05) is 33.4 Å². The van der Waals surface area contributed by atoms with Crippen LogP contribution in [-0.4, -0.2) is 92.1 Å². The number of unbranched alkanes of at least 4 members (excludes halogenated alkanes) is 10. The van der Waals surface area contributed by atoms with Crippen molar-refractivity contribution in [3.63, 3.8) is 0 Å². The van der Waals surface area contributed by atoms with Crippen LogP contribution in [-0.2, 0) is 25.6 Å². The van der Waals surface area contributed by atoms with Gasteiger partial charge < -0.3 is 4.74 Å². The number of rotatable bonds is 19. The SMILES string of the molecule is CCCCCCCCCCCCCC1CN2CC(c3cn(CC(C#C[Si](C)(C)C(C)(C)C)(COS(=O)(=O)C(F)(F)F)OC)nn3)CN2N1. The van der Waals surface area contributed by atoms with E-state index in [0.29, 0.717) is 6.04 Å². The number of halogens is 3. The molecule has 10 nitrogen and oxygen atoms in total. The molecule has 2 aliphatic rings. The van der Waals surface area contributed by atoms with Gasteiger partial charge in [0.2, 0.25) is 0 Å². The molecular weight excluding hydrogens is 662 g/mol. The summed E-state index contributed by atoms with van der Waals surface area (Å²) in [6, 6.07) is 0.426. The monoisotopic (exact) mass is 720 g/mol. The lowest BCUT2D eigenvalue weighted by Gasteiger charge is -2.33. The van der Waals surface area contributed by atoms with E-state index in [-0.39, 0.29) is 17.5 Å². The highest BCUT2D eigenvalue weighted by atomic mass is 32.2. The highest BCUT2D eigenvalue weighted by Crippen LogP contribution is 2.36. The van der Waals surface area contributed by atoms with Gasteiger partial charge in [0.1, 0.15) is 14.7 Å². The molecule has 2 aliphatic heterocycles. The predicted octanol–water partition coefficient (Wildman–Crippen LogP) is 6.78. The summed E-state index contributed by atoms with van der Waals surface area (Å²) in [6.07, 6.45) is 17.5. The Balaban J connectivity index is 1.53. The number of ether oxygens (including phenoxy) is 1. The third kappa shape index (κ3) is 11.8. The van der Waals surface area contributed by atoms with Crippen LogP contribution in [0.3, 0.4) is 0 Å². The molecule has 0 radical (unpaired) electrons. The van der Waals surface area contributed by atoms with Gasteiger partial charge in [0.25, 0.3) is 0 Å². The number of nitrogens with zero attached hydrogens (tertiary/aromatic N) is 5. The zero-order chi connectivity index (χ0) is 35.6. The van der Waals surface area contributed by atoms with Crippen LogP contribution < -0.4 is 5.43 Å². The first-order valence-electron chi connectivity index (χ1n) is 17.7. The van der Waals surface area contributed by atoms with E-state index in [1.165, 1.54) is 82.4 Å². The minimum Gasteiger partial charge on any atom is -0.361 e. The molecule has 0 spiro atoms. The van der Waals surface area contributed by atoms with E-state index in [2.05, 4.69) is 69.2 Å². The van der Waals surface area contributed by atoms with Crippen LogP contribution in [0, 0.1) is 11.5 Å². The first-order chi connectivity index (χ1) is 22.4. The molecule has 15 heteroatoms. The van der Waals surface area contributed by atoms with Crippen molar-refractivity contribution in [2.45, 2.75) is 152 Å². The van der Waals surface area contributed by atoms with Crippen molar-refractivity contribution in [3.8, 4) is 11.5 Å². The second kappa shape index (κ2) is 17.6. The topological polar surface area (TPSA) is 102 Å². The summed E-state index contributed by atoms with van der Waals surface area (Å²) >= 11 is 0. The van der Waals surface area contributed by atoms with Crippen LogP contribution in [0.1, 0.15) is 116 Å². The second-order valence-corrected chi connectivity index (χ2v) is 21.7. The molecule has 3 atom stereocenters. The molecule has 3 rings (SSSR count). The summed E-state index contributed by atoms with van der Waals surface area (Å²) in [5, 5.41) is 12.9. The zero-order valence-corrected chi connectivity index (χ0v) is 32.0. The molecule has 0 bridgehead atoms. The fraction of sp³-hybridized carbons (Fsp3) is 0.879. The molecule has 2 fully saturated rings. The number of hydrazine groups is 2. The van der Waals surface area contributed by atoms with Crippen LogP contribution in [0.25, 0.3) is 0 Å². The first kappa shape index (κ1) is 40.9. The molecule has 2 saturated heterocycles. The Morgan fingerprint density at radius 1 is 0.979 bits per heavy atom. The minimum atomic E-state index is -5.85. The van der Waals surface area contributed by atoms with E-state index >= 15 is 0 Å². The fourth-order valence-corrected chi connectivity index (χ4v) is 7.17. The summed E-state index contributed by atoms with van der Waals surface area (Å²) in [7, 11) is -6.83. The summed E-state index contributed by atoms with van der Waals surface area (Å²) in [6.45, 7) is 13.8. The summed E-state index contributed by atoms with van der Waals surface area (Å²) < 4.78 is 74.4. The maximum atomic E-state index is 13.1. The molecule has 1 aromatic heterocycles. The molecule has 1 N–H and O–H groups in total. The fourth-order valence-electron chi connectivity index (χ4n) is 5.78. The molecule has 0 amide bonds. The van der Waals surface area contributed by atoms with Crippen molar-refractivity contribution in [3.05, 3.63) is 11.9 Å². The highest BCUT2D eigenvalue weighted by Gasteiger charge is 2.49. The average Bonchev–Trinajstić information content (AvgIpc) is 3.72. The standard InChI is InChI=1S/C33H59F3N6O4SSi/c1-8-9-10-11-12-13-14-15-16-17-18-19-29-24-41-22-28(23-42(41)38-29)30-25-40(39-37-30)26-32(45-5,20-21-48(6,7)31(2,3)4)27-46-47(43,44)33(34,35)36/h25,28-29,38H,8-19,22-24,26-27H2,1-7H3. The number of hydrogen-bond donors (Lipinski definition) is 1. The van der Waals surface area contributed by atoms with Crippen LogP contribution in [0.5, 0.6) is 0 Å². The van der Waals surface area contributed by atoms with Gasteiger partial charge in [0.05, 0.1) is 12.2 Å². The largest absolute Gasteiger partial charge is 0.523 e. The smallest absolute Gasteiger partial charge is 0.361 e. The second-order valence-electron chi connectivity index (χ2n) is 15.1. The third-order valence-corrected chi connectivity index (χ3v) is 15.6. The summed E-state index contributed by atoms with van der Waals surface area (Å²) in [5.41, 5.74) is 0.337. The molecule has 276 valence electrons. The van der Waals surface area contributed by atoms with E-state index in [9.17, 15) is 21.6 Å². The van der Waals surface area contributed by atoms with Gasteiger partial charge in [-0.25, -0.2) is 15.1 Å². The minimum absolute atomic E-state index is 0.0753. The highest BCUT2D eigenvalue weighted by molar-refractivity contribution is 7.87. The van der Waals surface area contributed by atoms with Gasteiger partial charge in [-0.1, -0.05) is 123 Å². The van der Waals surface area contributed by atoms with Gasteiger partial charge in [-0.05, 0) is 11.5 Å². The molecule has 0 aliphatic carbocycles. The van der Waals surface area contributed by atoms with Crippen LogP contribution in [0.2, 0.25) is 18.1 Å². The van der Waals surface area contributed by atoms with Crippen molar-refractivity contribution >= 4 is 18.2 Å². The van der Waals surface area contributed by atoms with E-state index in [4.69, 9.17) is 4.74 Å². The molecule has 48 heavy (non-hydrogen) atoms. The lowest BCUT2D eigenvalue weighted by Crippen LogP contribution is -2.44. The Labute approximate surface area is 287 Å². The lowest BCUT2D eigenvalue weighted by atomic mass is 10.0. The van der Waals surface area contributed by atoms with E-state index in [0.717, 1.165) is 31.7 Å². The lowest BCUT2D eigenvalue weighted by molar-refractivity contribution is -0.0634. The summed E-state index contributed by atoms with van der Waals surface area (Å²) in [4.78, 5) is 0. The molecule has 0 saturated carbocycles. The van der Waals surface area contributed by atoms with Crippen molar-refractivity contribution in [2.24, 2.45) is 0 Å². The Morgan fingerprint density at radius 3 is 2.12 bits per heavy atom. The predicted molar refractivity (Wildman–Crippen MR) is 185 cm³/mol. The maximum Gasteiger partial charge on any atom is 0.523 e. The number of alkyl halides is 3. The normalized spacial score (nSPS) is 20.9. The van der Waals surface area contributed by atoms with Crippen molar-refractivity contribution in [1.29, 1.82) is 0 Å². The van der Waals surface area contributed by atoms with Crippen molar-refractivity contribution < 1.29 is 30.5 Å². The Kier molecular flexibility index (Phi) is 15.0. The molecule has 3 unspecified atom stereocenters. The molecular formula is C33H59F3N6O4SSi. The van der Waals surface area contributed by atoms with Gasteiger partial charge in [-0.2, -0.15) is 26.7 Å². The van der Waals surface area contributed by atoms with Gasteiger partial charge in [-0.3, -0.25) is 4.18 Å². The van der Waals surface area contributed by atoms with Crippen LogP contribution >= 0.6 is 0 Å². The number of nitrogens with one attached hydrogen (secondary N) is 1. The molecule has 1 aromatic rings. The number of methoxy groups -OCH3 is 1. The average molecular weight is 721 g/mol. The number of hydrogen-bond acceptors (Lipinski definition) is 9. The van der Waals surface area contributed by atoms with Gasteiger partial charge in [0, 0.05) is 44.9 Å². The number of fused-ring (bicyclic) bond motifs is 1. The van der Waals surface area contributed by atoms with Gasteiger partial charge in [-0.15, -0.1) is 10.6 Å².